The minimum Gasteiger partial charge on any atom is -0.506 e. The van der Waals surface area contributed by atoms with Gasteiger partial charge in [0.1, 0.15) is 11.6 Å². The summed E-state index contributed by atoms with van der Waals surface area (Å²) >= 11 is 5.81. The van der Waals surface area contributed by atoms with E-state index in [1.807, 2.05) is 6.92 Å². The number of hydrogen-bond donors (Lipinski definition) is 1. The lowest BCUT2D eigenvalue weighted by Crippen LogP contribution is -1.85. The Bertz CT molecular complexity index is 537. The van der Waals surface area contributed by atoms with Crippen LogP contribution in [-0.2, 0) is 0 Å². The first-order valence-electron chi connectivity index (χ1n) is 4.83. The van der Waals surface area contributed by atoms with Crippen molar-refractivity contribution in [1.29, 1.82) is 0 Å². The summed E-state index contributed by atoms with van der Waals surface area (Å²) in [6.45, 7) is 1.90. The molecule has 3 heteroatoms. The molecule has 1 N–H and O–H groups in total. The summed E-state index contributed by atoms with van der Waals surface area (Å²) in [7, 11) is 0. The molecule has 0 saturated carbocycles. The van der Waals surface area contributed by atoms with E-state index < -0.39 is 0 Å². The zero-order valence-corrected chi connectivity index (χ0v) is 9.42. The average Bonchev–Trinajstić information content (AvgIpc) is 2.26. The maximum atomic E-state index is 13.1. The van der Waals surface area contributed by atoms with Gasteiger partial charge in [0, 0.05) is 0 Å². The third kappa shape index (κ3) is 2.02. The Morgan fingerprint density at radius 3 is 2.56 bits per heavy atom. The molecular formula is C13H10ClFO. The van der Waals surface area contributed by atoms with Crippen LogP contribution in [0.1, 0.15) is 5.56 Å². The molecule has 82 valence electrons. The van der Waals surface area contributed by atoms with Gasteiger partial charge in [-0.2, -0.15) is 0 Å². The van der Waals surface area contributed by atoms with Gasteiger partial charge in [-0.15, -0.1) is 0 Å². The molecule has 0 aliphatic rings. The topological polar surface area (TPSA) is 20.2 Å². The average molecular weight is 237 g/mol. The lowest BCUT2D eigenvalue weighted by molar-refractivity contribution is 0.475. The number of rotatable bonds is 1. The molecular weight excluding hydrogens is 227 g/mol. The first-order chi connectivity index (χ1) is 7.58. The van der Waals surface area contributed by atoms with Gasteiger partial charge in [-0.3, -0.25) is 0 Å². The molecule has 0 heterocycles. The molecule has 0 amide bonds. The monoisotopic (exact) mass is 236 g/mol. The van der Waals surface area contributed by atoms with Gasteiger partial charge in [-0.1, -0.05) is 23.7 Å². The van der Waals surface area contributed by atoms with Gasteiger partial charge in [0.15, 0.2) is 0 Å². The number of aromatic hydroxyl groups is 1. The largest absolute Gasteiger partial charge is 0.506 e. The molecule has 0 radical (unpaired) electrons. The zero-order chi connectivity index (χ0) is 11.7. The standard InChI is InChI=1S/C13H10ClFO/c1-8-2-4-10(15)7-11(8)9-3-5-13(16)12(14)6-9/h2-7,16H,1H3. The summed E-state index contributed by atoms with van der Waals surface area (Å²) in [5.41, 5.74) is 2.53. The van der Waals surface area contributed by atoms with E-state index in [1.165, 1.54) is 18.2 Å². The summed E-state index contributed by atoms with van der Waals surface area (Å²) in [5.74, 6) is -0.260. The lowest BCUT2D eigenvalue weighted by Gasteiger charge is -2.07. The normalized spacial score (nSPS) is 10.4. The van der Waals surface area contributed by atoms with Crippen molar-refractivity contribution >= 4 is 11.6 Å². The maximum Gasteiger partial charge on any atom is 0.134 e. The van der Waals surface area contributed by atoms with Crippen molar-refractivity contribution in [3.8, 4) is 16.9 Å². The van der Waals surface area contributed by atoms with Crippen LogP contribution in [0.2, 0.25) is 5.02 Å². The molecule has 2 rings (SSSR count). The van der Waals surface area contributed by atoms with Crippen molar-refractivity contribution in [3.63, 3.8) is 0 Å². The number of phenols is 1. The second-order valence-corrected chi connectivity index (χ2v) is 4.03. The van der Waals surface area contributed by atoms with Gasteiger partial charge < -0.3 is 5.11 Å². The molecule has 0 spiro atoms. The van der Waals surface area contributed by atoms with E-state index in [4.69, 9.17) is 11.6 Å². The molecule has 2 aromatic carbocycles. The van der Waals surface area contributed by atoms with Crippen molar-refractivity contribution in [2.24, 2.45) is 0 Å². The Morgan fingerprint density at radius 1 is 1.12 bits per heavy atom. The van der Waals surface area contributed by atoms with Crippen LogP contribution < -0.4 is 0 Å². The van der Waals surface area contributed by atoms with Gasteiger partial charge in [0.25, 0.3) is 0 Å². The molecule has 2 aromatic rings. The third-order valence-corrected chi connectivity index (χ3v) is 2.76. The van der Waals surface area contributed by atoms with Gasteiger partial charge in [0.05, 0.1) is 5.02 Å². The summed E-state index contributed by atoms with van der Waals surface area (Å²) < 4.78 is 13.1. The highest BCUT2D eigenvalue weighted by Crippen LogP contribution is 2.31. The minimum absolute atomic E-state index is 0.0273. The van der Waals surface area contributed by atoms with Crippen LogP contribution in [0.25, 0.3) is 11.1 Å². The molecule has 0 fully saturated rings. The van der Waals surface area contributed by atoms with Gasteiger partial charge in [-0.25, -0.2) is 4.39 Å². The fourth-order valence-corrected chi connectivity index (χ4v) is 1.76. The van der Waals surface area contributed by atoms with Crippen LogP contribution in [0, 0.1) is 12.7 Å². The Hall–Kier alpha value is -1.54. The molecule has 0 aromatic heterocycles. The fourth-order valence-electron chi connectivity index (χ4n) is 1.58. The van der Waals surface area contributed by atoms with Crippen molar-refractivity contribution < 1.29 is 9.50 Å². The number of phenolic OH excluding ortho intramolecular Hbond substituents is 1. The van der Waals surface area contributed by atoms with E-state index in [0.717, 1.165) is 16.7 Å². The summed E-state index contributed by atoms with van der Waals surface area (Å²) in [6.07, 6.45) is 0. The molecule has 0 bridgehead atoms. The van der Waals surface area contributed by atoms with E-state index in [9.17, 15) is 9.50 Å². The number of benzene rings is 2. The van der Waals surface area contributed by atoms with Crippen LogP contribution in [-0.4, -0.2) is 5.11 Å². The van der Waals surface area contributed by atoms with Gasteiger partial charge in [-0.05, 0) is 47.9 Å². The smallest absolute Gasteiger partial charge is 0.134 e. The van der Waals surface area contributed by atoms with E-state index in [1.54, 1.807) is 18.2 Å². The van der Waals surface area contributed by atoms with Crippen molar-refractivity contribution in [3.05, 3.63) is 52.8 Å². The number of halogens is 2. The second kappa shape index (κ2) is 4.14. The highest BCUT2D eigenvalue weighted by Gasteiger charge is 2.06. The zero-order valence-electron chi connectivity index (χ0n) is 8.67. The predicted molar refractivity (Wildman–Crippen MR) is 63.2 cm³/mol. The Balaban J connectivity index is 2.58. The molecule has 0 aliphatic heterocycles. The van der Waals surface area contributed by atoms with Crippen LogP contribution >= 0.6 is 11.6 Å². The van der Waals surface area contributed by atoms with E-state index in [0.29, 0.717) is 0 Å². The van der Waals surface area contributed by atoms with Crippen LogP contribution in [0.15, 0.2) is 36.4 Å². The highest BCUT2D eigenvalue weighted by molar-refractivity contribution is 6.32. The number of aryl methyl sites for hydroxylation is 1. The summed E-state index contributed by atoms with van der Waals surface area (Å²) in [4.78, 5) is 0. The van der Waals surface area contributed by atoms with Gasteiger partial charge >= 0.3 is 0 Å². The quantitative estimate of drug-likeness (QED) is 0.788. The molecule has 16 heavy (non-hydrogen) atoms. The maximum absolute atomic E-state index is 13.1. The SMILES string of the molecule is Cc1ccc(F)cc1-c1ccc(O)c(Cl)c1. The second-order valence-electron chi connectivity index (χ2n) is 3.63. The lowest BCUT2D eigenvalue weighted by atomic mass is 10.0. The van der Waals surface area contributed by atoms with Crippen LogP contribution in [0.5, 0.6) is 5.75 Å². The molecule has 1 nitrogen and oxygen atoms in total. The van der Waals surface area contributed by atoms with Gasteiger partial charge in [0.2, 0.25) is 0 Å². The fraction of sp³-hybridized carbons (Fsp3) is 0.0769. The Kier molecular flexibility index (Phi) is 2.84. The third-order valence-electron chi connectivity index (χ3n) is 2.46. The van der Waals surface area contributed by atoms with E-state index in [2.05, 4.69) is 0 Å². The molecule has 0 atom stereocenters. The van der Waals surface area contributed by atoms with Crippen molar-refractivity contribution in [2.45, 2.75) is 6.92 Å². The first kappa shape index (κ1) is 11.0. The number of hydrogen-bond acceptors (Lipinski definition) is 1. The van der Waals surface area contributed by atoms with Crippen molar-refractivity contribution in [1.82, 2.24) is 0 Å². The Morgan fingerprint density at radius 2 is 1.88 bits per heavy atom. The molecule has 0 aliphatic carbocycles. The summed E-state index contributed by atoms with van der Waals surface area (Å²) in [5, 5.41) is 9.57. The molecule has 0 saturated heterocycles. The molecule has 0 unspecified atom stereocenters. The minimum atomic E-state index is -0.287. The van der Waals surface area contributed by atoms with Crippen LogP contribution in [0.3, 0.4) is 0 Å². The Labute approximate surface area is 98.1 Å². The highest BCUT2D eigenvalue weighted by atomic mass is 35.5. The van der Waals surface area contributed by atoms with E-state index >= 15 is 0 Å². The van der Waals surface area contributed by atoms with E-state index in [-0.39, 0.29) is 16.6 Å². The first-order valence-corrected chi connectivity index (χ1v) is 5.21. The summed E-state index contributed by atoms with van der Waals surface area (Å²) in [6, 6.07) is 9.42. The van der Waals surface area contributed by atoms with Crippen LogP contribution in [0.4, 0.5) is 4.39 Å². The van der Waals surface area contributed by atoms with Crippen molar-refractivity contribution in [2.75, 3.05) is 0 Å². The predicted octanol–water partition coefficient (Wildman–Crippen LogP) is 4.16.